The van der Waals surface area contributed by atoms with Crippen LogP contribution in [0.3, 0.4) is 0 Å². The van der Waals surface area contributed by atoms with Crippen LogP contribution >= 0.6 is 23.2 Å². The van der Waals surface area contributed by atoms with Crippen molar-refractivity contribution in [2.24, 2.45) is 0 Å². The van der Waals surface area contributed by atoms with Gasteiger partial charge in [0.15, 0.2) is 0 Å². The summed E-state index contributed by atoms with van der Waals surface area (Å²) in [5.74, 6) is 1.25. The summed E-state index contributed by atoms with van der Waals surface area (Å²) in [6.07, 6.45) is 0. The van der Waals surface area contributed by atoms with Crippen LogP contribution in [0.2, 0.25) is 10.0 Å². The van der Waals surface area contributed by atoms with E-state index in [1.54, 1.807) is 18.2 Å². The molecule has 0 saturated carbocycles. The number of furan rings is 1. The van der Waals surface area contributed by atoms with Gasteiger partial charge in [0, 0.05) is 5.02 Å². The molecule has 0 fully saturated rings. The maximum atomic E-state index is 12.1. The summed E-state index contributed by atoms with van der Waals surface area (Å²) >= 11 is 11.8. The molecular weight excluding hydrogens is 285 g/mol. The molecular formula is C14H13Cl2NO2. The summed E-state index contributed by atoms with van der Waals surface area (Å²) < 4.78 is 5.46. The smallest absolute Gasteiger partial charge is 0.253 e. The van der Waals surface area contributed by atoms with Crippen molar-refractivity contribution in [3.05, 3.63) is 57.5 Å². The summed E-state index contributed by atoms with van der Waals surface area (Å²) in [7, 11) is 0. The number of carbonyl (C=O) groups is 1. The number of hydrogen-bond acceptors (Lipinski definition) is 2. The van der Waals surface area contributed by atoms with Gasteiger partial charge in [-0.25, -0.2) is 0 Å². The van der Waals surface area contributed by atoms with E-state index >= 15 is 0 Å². The minimum atomic E-state index is -0.261. The molecule has 5 heteroatoms. The van der Waals surface area contributed by atoms with Gasteiger partial charge >= 0.3 is 0 Å². The van der Waals surface area contributed by atoms with Crippen molar-refractivity contribution >= 4 is 29.1 Å². The molecule has 0 radical (unpaired) electrons. The van der Waals surface area contributed by atoms with E-state index in [1.165, 1.54) is 0 Å². The minimum Gasteiger partial charge on any atom is -0.464 e. The van der Waals surface area contributed by atoms with Gasteiger partial charge in [-0.2, -0.15) is 0 Å². The van der Waals surface area contributed by atoms with Crippen molar-refractivity contribution in [2.75, 3.05) is 0 Å². The second kappa shape index (κ2) is 5.68. The summed E-state index contributed by atoms with van der Waals surface area (Å²) in [6, 6.07) is 8.23. The van der Waals surface area contributed by atoms with Gasteiger partial charge in [0.2, 0.25) is 0 Å². The Labute approximate surface area is 121 Å². The number of carbonyl (C=O) groups excluding carboxylic acids is 1. The largest absolute Gasteiger partial charge is 0.464 e. The molecule has 0 saturated heterocycles. The molecule has 1 atom stereocenters. The third-order valence-corrected chi connectivity index (χ3v) is 3.26. The van der Waals surface area contributed by atoms with Gasteiger partial charge in [-0.05, 0) is 44.2 Å². The Morgan fingerprint density at radius 2 is 2.00 bits per heavy atom. The van der Waals surface area contributed by atoms with Gasteiger partial charge in [-0.3, -0.25) is 4.79 Å². The van der Waals surface area contributed by atoms with Crippen LogP contribution in [0.1, 0.15) is 34.8 Å². The van der Waals surface area contributed by atoms with Crippen LogP contribution in [0, 0.1) is 6.92 Å². The highest BCUT2D eigenvalue weighted by atomic mass is 35.5. The zero-order valence-corrected chi connectivity index (χ0v) is 12.0. The fourth-order valence-corrected chi connectivity index (χ4v) is 2.20. The lowest BCUT2D eigenvalue weighted by atomic mass is 10.2. The van der Waals surface area contributed by atoms with Crippen molar-refractivity contribution in [3.63, 3.8) is 0 Å². The topological polar surface area (TPSA) is 42.2 Å². The van der Waals surface area contributed by atoms with Crippen molar-refractivity contribution in [1.29, 1.82) is 0 Å². The Balaban J connectivity index is 2.12. The van der Waals surface area contributed by atoms with E-state index in [2.05, 4.69) is 5.32 Å². The molecule has 0 aliphatic heterocycles. The second-order valence-corrected chi connectivity index (χ2v) is 5.11. The maximum absolute atomic E-state index is 12.1. The van der Waals surface area contributed by atoms with Crippen LogP contribution in [-0.4, -0.2) is 5.91 Å². The predicted molar refractivity (Wildman–Crippen MR) is 75.8 cm³/mol. The average molecular weight is 298 g/mol. The first kappa shape index (κ1) is 14.0. The summed E-state index contributed by atoms with van der Waals surface area (Å²) in [5, 5.41) is 3.65. The van der Waals surface area contributed by atoms with Crippen LogP contribution in [0.15, 0.2) is 34.7 Å². The van der Waals surface area contributed by atoms with Crippen LogP contribution in [0.25, 0.3) is 0 Å². The van der Waals surface area contributed by atoms with E-state index in [-0.39, 0.29) is 11.9 Å². The summed E-state index contributed by atoms with van der Waals surface area (Å²) in [5.41, 5.74) is 0.390. The lowest BCUT2D eigenvalue weighted by Crippen LogP contribution is -2.26. The van der Waals surface area contributed by atoms with Gasteiger partial charge in [-0.15, -0.1) is 0 Å². The lowest BCUT2D eigenvalue weighted by Gasteiger charge is -2.12. The number of aryl methyl sites for hydroxylation is 1. The first-order valence-corrected chi connectivity index (χ1v) is 6.55. The highest BCUT2D eigenvalue weighted by molar-refractivity contribution is 6.36. The highest BCUT2D eigenvalue weighted by Crippen LogP contribution is 2.22. The number of hydrogen-bond donors (Lipinski definition) is 1. The summed E-state index contributed by atoms with van der Waals surface area (Å²) in [6.45, 7) is 3.70. The third-order valence-electron chi connectivity index (χ3n) is 2.71. The zero-order chi connectivity index (χ0) is 14.0. The molecule has 1 amide bonds. The van der Waals surface area contributed by atoms with Crippen LogP contribution in [-0.2, 0) is 0 Å². The SMILES string of the molecule is Cc1ccc(C(C)NC(=O)c2ccc(Cl)cc2Cl)o1. The molecule has 1 heterocycles. The number of nitrogens with one attached hydrogen (secondary N) is 1. The number of halogens is 2. The predicted octanol–water partition coefficient (Wildman–Crippen LogP) is 4.39. The monoisotopic (exact) mass is 297 g/mol. The molecule has 3 nitrogen and oxygen atoms in total. The van der Waals surface area contributed by atoms with Gasteiger partial charge < -0.3 is 9.73 Å². The van der Waals surface area contributed by atoms with E-state index in [0.29, 0.717) is 21.4 Å². The molecule has 0 aliphatic carbocycles. The zero-order valence-electron chi connectivity index (χ0n) is 10.5. The van der Waals surface area contributed by atoms with Gasteiger partial charge in [-0.1, -0.05) is 23.2 Å². The van der Waals surface area contributed by atoms with E-state index < -0.39 is 0 Å². The Hall–Kier alpha value is -1.45. The number of benzene rings is 1. The maximum Gasteiger partial charge on any atom is 0.253 e. The number of rotatable bonds is 3. The minimum absolute atomic E-state index is 0.229. The van der Waals surface area contributed by atoms with Crippen molar-refractivity contribution in [2.45, 2.75) is 19.9 Å². The molecule has 0 spiro atoms. The van der Waals surface area contributed by atoms with E-state index in [0.717, 1.165) is 5.76 Å². The van der Waals surface area contributed by atoms with Crippen molar-refractivity contribution in [1.82, 2.24) is 5.32 Å². The van der Waals surface area contributed by atoms with E-state index in [9.17, 15) is 4.79 Å². The lowest BCUT2D eigenvalue weighted by molar-refractivity contribution is 0.0935. The molecule has 19 heavy (non-hydrogen) atoms. The standard InChI is InChI=1S/C14H13Cl2NO2/c1-8-3-6-13(19-8)9(2)17-14(18)11-5-4-10(15)7-12(11)16/h3-7,9H,1-2H3,(H,17,18). The fourth-order valence-electron chi connectivity index (χ4n) is 1.71. The Bertz CT molecular complexity index is 607. The quantitative estimate of drug-likeness (QED) is 0.913. The molecule has 1 N–H and O–H groups in total. The Morgan fingerprint density at radius 1 is 1.26 bits per heavy atom. The van der Waals surface area contributed by atoms with Crippen LogP contribution < -0.4 is 5.32 Å². The molecule has 1 aromatic carbocycles. The van der Waals surface area contributed by atoms with Gasteiger partial charge in [0.1, 0.15) is 11.5 Å². The van der Waals surface area contributed by atoms with Crippen LogP contribution in [0.5, 0.6) is 0 Å². The van der Waals surface area contributed by atoms with Crippen molar-refractivity contribution < 1.29 is 9.21 Å². The molecule has 1 aromatic heterocycles. The first-order chi connectivity index (χ1) is 8.97. The number of amides is 1. The normalized spacial score (nSPS) is 12.2. The molecule has 1 unspecified atom stereocenters. The molecule has 0 aliphatic rings. The van der Waals surface area contributed by atoms with Crippen LogP contribution in [0.4, 0.5) is 0 Å². The van der Waals surface area contributed by atoms with Gasteiger partial charge in [0.25, 0.3) is 5.91 Å². The highest BCUT2D eigenvalue weighted by Gasteiger charge is 2.16. The summed E-state index contributed by atoms with van der Waals surface area (Å²) in [4.78, 5) is 12.1. The molecule has 2 rings (SSSR count). The third kappa shape index (κ3) is 3.31. The first-order valence-electron chi connectivity index (χ1n) is 5.79. The molecule has 0 bridgehead atoms. The van der Waals surface area contributed by atoms with Gasteiger partial charge in [0.05, 0.1) is 16.6 Å². The Kier molecular flexibility index (Phi) is 4.17. The molecule has 100 valence electrons. The average Bonchev–Trinajstić information content (AvgIpc) is 2.75. The van der Waals surface area contributed by atoms with E-state index in [1.807, 2.05) is 26.0 Å². The second-order valence-electron chi connectivity index (χ2n) is 4.27. The van der Waals surface area contributed by atoms with E-state index in [4.69, 9.17) is 27.6 Å². The fraction of sp³-hybridized carbons (Fsp3) is 0.214. The molecule has 2 aromatic rings. The van der Waals surface area contributed by atoms with Crippen molar-refractivity contribution in [3.8, 4) is 0 Å². The Morgan fingerprint density at radius 3 is 2.58 bits per heavy atom.